The zero-order valence-corrected chi connectivity index (χ0v) is 14.8. The fourth-order valence-electron chi connectivity index (χ4n) is 2.95. The van der Waals surface area contributed by atoms with Gasteiger partial charge in [-0.15, -0.1) is 11.3 Å². The summed E-state index contributed by atoms with van der Waals surface area (Å²) in [6.07, 6.45) is -2.09. The predicted octanol–water partition coefficient (Wildman–Crippen LogP) is 3.48. The van der Waals surface area contributed by atoms with Crippen molar-refractivity contribution in [1.29, 1.82) is 0 Å². The molecule has 1 amide bonds. The fraction of sp³-hybridized carbons (Fsp3) is 0.167. The van der Waals surface area contributed by atoms with Crippen LogP contribution in [0.3, 0.4) is 0 Å². The molecule has 0 saturated carbocycles. The van der Waals surface area contributed by atoms with Crippen molar-refractivity contribution in [3.05, 3.63) is 52.8 Å². The Kier molecular flexibility index (Phi) is 4.42. The van der Waals surface area contributed by atoms with E-state index in [1.54, 1.807) is 0 Å². The van der Waals surface area contributed by atoms with Crippen molar-refractivity contribution >= 4 is 39.1 Å². The average Bonchev–Trinajstić information content (AvgIpc) is 3.07. The average molecular weight is 408 g/mol. The Labute approximate surface area is 159 Å². The lowest BCUT2D eigenvalue weighted by molar-refractivity contribution is -0.142. The second-order valence-electron chi connectivity index (χ2n) is 6.03. The van der Waals surface area contributed by atoms with Crippen LogP contribution in [0, 0.1) is 17.5 Å². The van der Waals surface area contributed by atoms with E-state index in [2.05, 4.69) is 4.98 Å². The van der Waals surface area contributed by atoms with Crippen molar-refractivity contribution in [1.82, 2.24) is 4.98 Å². The third-order valence-electron chi connectivity index (χ3n) is 4.18. The van der Waals surface area contributed by atoms with Gasteiger partial charge in [0.2, 0.25) is 0 Å². The van der Waals surface area contributed by atoms with Crippen molar-refractivity contribution in [3.8, 4) is 5.75 Å². The Morgan fingerprint density at radius 1 is 1.18 bits per heavy atom. The molecule has 28 heavy (non-hydrogen) atoms. The number of halogens is 3. The molecule has 1 aliphatic heterocycles. The highest BCUT2D eigenvalue weighted by Crippen LogP contribution is 2.38. The van der Waals surface area contributed by atoms with Crippen molar-refractivity contribution in [2.75, 3.05) is 4.90 Å². The molecule has 1 N–H and O–H groups in total. The highest BCUT2D eigenvalue weighted by molar-refractivity contribution is 7.18. The molecule has 4 rings (SSSR count). The number of thiazole rings is 1. The minimum Gasteiger partial charge on any atom is -0.481 e. The summed E-state index contributed by atoms with van der Waals surface area (Å²) in [6, 6.07) is 5.85. The largest absolute Gasteiger partial charge is 0.481 e. The number of rotatable bonds is 4. The molecular weight excluding hydrogens is 397 g/mol. The number of carbonyl (C=O) groups is 2. The Balaban J connectivity index is 1.76. The lowest BCUT2D eigenvalue weighted by Gasteiger charge is -2.33. The smallest absolute Gasteiger partial charge is 0.307 e. The molecule has 3 aromatic rings. The van der Waals surface area contributed by atoms with Crippen molar-refractivity contribution < 1.29 is 32.6 Å². The van der Waals surface area contributed by atoms with E-state index < -0.39 is 41.9 Å². The minimum absolute atomic E-state index is 0.00254. The van der Waals surface area contributed by atoms with E-state index in [1.807, 2.05) is 0 Å². The normalized spacial score (nSPS) is 16.2. The molecule has 144 valence electrons. The van der Waals surface area contributed by atoms with Crippen LogP contribution in [0.2, 0.25) is 0 Å². The van der Waals surface area contributed by atoms with Gasteiger partial charge in [-0.2, -0.15) is 0 Å². The summed E-state index contributed by atoms with van der Waals surface area (Å²) in [5.41, 5.74) is -0.0749. The molecule has 0 spiro atoms. The van der Waals surface area contributed by atoms with Gasteiger partial charge in [0.15, 0.2) is 23.5 Å². The molecule has 0 radical (unpaired) electrons. The Morgan fingerprint density at radius 3 is 2.64 bits per heavy atom. The van der Waals surface area contributed by atoms with Gasteiger partial charge in [0, 0.05) is 0 Å². The monoisotopic (exact) mass is 408 g/mol. The Morgan fingerprint density at radius 2 is 1.93 bits per heavy atom. The second kappa shape index (κ2) is 6.79. The Bertz CT molecular complexity index is 1080. The summed E-state index contributed by atoms with van der Waals surface area (Å²) in [5.74, 6) is -4.37. The van der Waals surface area contributed by atoms with Gasteiger partial charge in [-0.3, -0.25) is 14.5 Å². The van der Waals surface area contributed by atoms with Gasteiger partial charge in [0.25, 0.3) is 5.91 Å². The number of carbonyl (C=O) groups excluding carboxylic acids is 1. The molecule has 1 unspecified atom stereocenters. The SMILES string of the molecule is O=C(O)CC1Oc2c(F)cccc2N(Cc2nc3c(F)ccc(F)c3s2)C1=O. The van der Waals surface area contributed by atoms with E-state index in [4.69, 9.17) is 9.84 Å². The number of hydrogen-bond acceptors (Lipinski definition) is 5. The number of ether oxygens (including phenoxy) is 1. The van der Waals surface area contributed by atoms with E-state index in [0.717, 1.165) is 34.4 Å². The first-order valence-electron chi connectivity index (χ1n) is 8.07. The molecule has 1 atom stereocenters. The van der Waals surface area contributed by atoms with Gasteiger partial charge in [0.1, 0.15) is 16.3 Å². The van der Waals surface area contributed by atoms with Crippen LogP contribution in [0.25, 0.3) is 10.2 Å². The standard InChI is InChI=1S/C18H11F3N2O4S/c19-8-4-5-10(21)17-15(8)22-13(28-17)7-23-11-3-1-2-9(20)16(11)27-12(18(23)26)6-14(24)25/h1-5,12H,6-7H2,(H,24,25). The van der Waals surface area contributed by atoms with Gasteiger partial charge in [-0.25, -0.2) is 18.2 Å². The van der Waals surface area contributed by atoms with Crippen LogP contribution in [0.5, 0.6) is 5.75 Å². The molecule has 0 aliphatic carbocycles. The summed E-state index contributed by atoms with van der Waals surface area (Å²) in [6.45, 7) is -0.215. The topological polar surface area (TPSA) is 79.7 Å². The summed E-state index contributed by atoms with van der Waals surface area (Å²) in [4.78, 5) is 28.9. The van der Waals surface area contributed by atoms with Crippen LogP contribution in [-0.2, 0) is 16.1 Å². The highest BCUT2D eigenvalue weighted by atomic mass is 32.1. The van der Waals surface area contributed by atoms with Gasteiger partial charge in [0.05, 0.1) is 23.4 Å². The maximum Gasteiger partial charge on any atom is 0.307 e. The minimum atomic E-state index is -1.43. The second-order valence-corrected chi connectivity index (χ2v) is 7.11. The van der Waals surface area contributed by atoms with Crippen LogP contribution in [-0.4, -0.2) is 28.1 Å². The number of amides is 1. The van der Waals surface area contributed by atoms with Crippen molar-refractivity contribution in [2.45, 2.75) is 19.1 Å². The number of nitrogens with zero attached hydrogens (tertiary/aromatic N) is 2. The van der Waals surface area contributed by atoms with Crippen LogP contribution >= 0.6 is 11.3 Å². The number of aromatic nitrogens is 1. The maximum absolute atomic E-state index is 14.2. The molecule has 0 saturated heterocycles. The Hall–Kier alpha value is -3.14. The molecule has 1 aromatic heterocycles. The maximum atomic E-state index is 14.2. The van der Waals surface area contributed by atoms with E-state index in [9.17, 15) is 22.8 Å². The molecule has 2 heterocycles. The number of carboxylic acid groups (broad SMARTS) is 1. The molecule has 1 aliphatic rings. The van der Waals surface area contributed by atoms with Crippen molar-refractivity contribution in [2.24, 2.45) is 0 Å². The molecule has 2 aromatic carbocycles. The van der Waals surface area contributed by atoms with E-state index >= 15 is 0 Å². The summed E-state index contributed by atoms with van der Waals surface area (Å²) in [5, 5.41) is 9.20. The predicted molar refractivity (Wildman–Crippen MR) is 93.8 cm³/mol. The molecule has 0 fully saturated rings. The molecule has 0 bridgehead atoms. The zero-order chi connectivity index (χ0) is 20.0. The first-order valence-corrected chi connectivity index (χ1v) is 8.88. The number of aliphatic carboxylic acids is 1. The molecule has 6 nitrogen and oxygen atoms in total. The van der Waals surface area contributed by atoms with Crippen LogP contribution in [0.4, 0.5) is 18.9 Å². The number of fused-ring (bicyclic) bond motifs is 2. The molecule has 10 heteroatoms. The number of anilines is 1. The van der Waals surface area contributed by atoms with Gasteiger partial charge >= 0.3 is 5.97 Å². The quantitative estimate of drug-likeness (QED) is 0.715. The van der Waals surface area contributed by atoms with Crippen LogP contribution in [0.1, 0.15) is 11.4 Å². The van der Waals surface area contributed by atoms with Crippen LogP contribution in [0.15, 0.2) is 30.3 Å². The van der Waals surface area contributed by atoms with E-state index in [0.29, 0.717) is 0 Å². The lowest BCUT2D eigenvalue weighted by atomic mass is 10.1. The summed E-state index contributed by atoms with van der Waals surface area (Å²) in [7, 11) is 0. The third-order valence-corrected chi connectivity index (χ3v) is 5.23. The first kappa shape index (κ1) is 18.2. The van der Waals surface area contributed by atoms with Gasteiger partial charge in [-0.1, -0.05) is 6.07 Å². The van der Waals surface area contributed by atoms with Gasteiger partial charge < -0.3 is 9.84 Å². The number of para-hydroxylation sites is 1. The first-order chi connectivity index (χ1) is 13.3. The third kappa shape index (κ3) is 3.05. The zero-order valence-electron chi connectivity index (χ0n) is 14.0. The van der Waals surface area contributed by atoms with E-state index in [-0.39, 0.29) is 33.2 Å². The number of hydrogen-bond donors (Lipinski definition) is 1. The van der Waals surface area contributed by atoms with Gasteiger partial charge in [-0.05, 0) is 24.3 Å². The highest BCUT2D eigenvalue weighted by Gasteiger charge is 2.37. The molecular formula is C18H11F3N2O4S. The number of benzene rings is 2. The summed E-state index contributed by atoms with van der Waals surface area (Å²) < 4.78 is 47.3. The summed E-state index contributed by atoms with van der Waals surface area (Å²) >= 11 is 0.857. The van der Waals surface area contributed by atoms with E-state index in [1.165, 1.54) is 12.1 Å². The van der Waals surface area contributed by atoms with Crippen LogP contribution < -0.4 is 9.64 Å². The fourth-order valence-corrected chi connectivity index (χ4v) is 3.93. The van der Waals surface area contributed by atoms with Crippen molar-refractivity contribution in [3.63, 3.8) is 0 Å². The number of carboxylic acids is 1. The lowest BCUT2D eigenvalue weighted by Crippen LogP contribution is -2.46.